The van der Waals surface area contributed by atoms with Crippen molar-refractivity contribution in [2.45, 2.75) is 55.6 Å². The Balaban J connectivity index is 1.63. The molecule has 2 heterocycles. The fourth-order valence-electron chi connectivity index (χ4n) is 4.77. The smallest absolute Gasteiger partial charge is 0.173 e. The van der Waals surface area contributed by atoms with Crippen LogP contribution in [-0.2, 0) is 14.3 Å². The lowest BCUT2D eigenvalue weighted by molar-refractivity contribution is -0.262. The fraction of sp³-hybridized carbons (Fsp3) is 0.571. The molecule has 164 valence electrons. The molecule has 0 aromatic heterocycles. The van der Waals surface area contributed by atoms with Crippen LogP contribution in [0.3, 0.4) is 0 Å². The molecule has 9 unspecified atom stereocenters. The Hall–Kier alpha value is -2.01. The van der Waals surface area contributed by atoms with Crippen LogP contribution in [0.2, 0.25) is 0 Å². The number of hydrogen-bond acceptors (Lipinski definition) is 9. The maximum atomic E-state index is 13.2. The number of aromatic hydroxyl groups is 1. The summed E-state index contributed by atoms with van der Waals surface area (Å²) in [4.78, 5) is 13.2. The van der Waals surface area contributed by atoms with Gasteiger partial charge in [-0.3, -0.25) is 4.79 Å². The predicted octanol–water partition coefficient (Wildman–Crippen LogP) is -1.07. The first-order valence-electron chi connectivity index (χ1n) is 10.0. The zero-order valence-electron chi connectivity index (χ0n) is 16.1. The van der Waals surface area contributed by atoms with Gasteiger partial charge in [-0.05, 0) is 30.5 Å². The first-order chi connectivity index (χ1) is 14.3. The van der Waals surface area contributed by atoms with E-state index in [0.717, 1.165) is 0 Å². The number of allylic oxidation sites excluding steroid dienone is 1. The van der Waals surface area contributed by atoms with Crippen molar-refractivity contribution < 1.29 is 44.9 Å². The first-order valence-corrected chi connectivity index (χ1v) is 10.0. The minimum absolute atomic E-state index is 0.0740. The lowest BCUT2D eigenvalue weighted by Gasteiger charge is -2.49. The Morgan fingerprint density at radius 2 is 1.63 bits per heavy atom. The number of ether oxygens (including phenoxy) is 2. The van der Waals surface area contributed by atoms with Crippen molar-refractivity contribution in [2.75, 3.05) is 6.61 Å². The van der Waals surface area contributed by atoms with E-state index in [1.165, 1.54) is 18.4 Å². The summed E-state index contributed by atoms with van der Waals surface area (Å²) in [5.41, 5.74) is 0.937. The monoisotopic (exact) mass is 422 g/mol. The number of phenols is 1. The second-order valence-corrected chi connectivity index (χ2v) is 8.17. The van der Waals surface area contributed by atoms with E-state index in [1.54, 1.807) is 12.1 Å². The Kier molecular flexibility index (Phi) is 5.84. The molecule has 0 amide bonds. The molecule has 9 atom stereocenters. The summed E-state index contributed by atoms with van der Waals surface area (Å²) in [7, 11) is 0. The molecule has 3 aliphatic rings. The van der Waals surface area contributed by atoms with E-state index in [1.807, 2.05) is 0 Å². The van der Waals surface area contributed by atoms with Crippen molar-refractivity contribution in [3.05, 3.63) is 36.1 Å². The van der Waals surface area contributed by atoms with E-state index in [2.05, 4.69) is 0 Å². The van der Waals surface area contributed by atoms with E-state index < -0.39 is 61.2 Å². The van der Waals surface area contributed by atoms with Gasteiger partial charge in [0.05, 0.1) is 42.5 Å². The van der Waals surface area contributed by atoms with Crippen molar-refractivity contribution in [1.82, 2.24) is 0 Å². The number of hydrogen-bond donors (Lipinski definition) is 6. The molecule has 1 aromatic rings. The third kappa shape index (κ3) is 3.51. The Morgan fingerprint density at radius 1 is 0.933 bits per heavy atom. The molecule has 2 aliphatic heterocycles. The normalized spacial score (nSPS) is 41.6. The van der Waals surface area contributed by atoms with Gasteiger partial charge >= 0.3 is 0 Å². The maximum absolute atomic E-state index is 13.2. The molecule has 1 saturated carbocycles. The summed E-state index contributed by atoms with van der Waals surface area (Å²) in [5, 5.41) is 60.2. The molecule has 1 aromatic carbocycles. The third-order valence-electron chi connectivity index (χ3n) is 6.43. The molecular weight excluding hydrogens is 396 g/mol. The van der Waals surface area contributed by atoms with Crippen LogP contribution in [0, 0.1) is 11.8 Å². The lowest BCUT2D eigenvalue weighted by atomic mass is 9.68. The van der Waals surface area contributed by atoms with Gasteiger partial charge < -0.3 is 40.1 Å². The largest absolute Gasteiger partial charge is 0.508 e. The molecule has 6 N–H and O–H groups in total. The second-order valence-electron chi connectivity index (χ2n) is 8.17. The van der Waals surface area contributed by atoms with Crippen LogP contribution >= 0.6 is 0 Å². The van der Waals surface area contributed by atoms with Crippen LogP contribution in [-0.4, -0.2) is 85.8 Å². The van der Waals surface area contributed by atoms with Crippen LogP contribution in [0.5, 0.6) is 5.75 Å². The molecule has 1 saturated heterocycles. The van der Waals surface area contributed by atoms with E-state index in [-0.39, 0.29) is 18.0 Å². The molecular formula is C21H26O9. The molecule has 0 bridgehead atoms. The van der Waals surface area contributed by atoms with Gasteiger partial charge in [0.2, 0.25) is 0 Å². The number of rotatable bonds is 3. The quantitative estimate of drug-likeness (QED) is 0.357. The third-order valence-corrected chi connectivity index (χ3v) is 6.43. The summed E-state index contributed by atoms with van der Waals surface area (Å²) in [5.74, 6) is -1.56. The van der Waals surface area contributed by atoms with Crippen LogP contribution in [0.1, 0.15) is 18.4 Å². The fourth-order valence-corrected chi connectivity index (χ4v) is 4.77. The SMILES string of the molecule is O=C1C(c2ccc(O)cc2)=COC2C1CCC(O)C2C1OC(CO)C(O)C(O)C1O. The summed E-state index contributed by atoms with van der Waals surface area (Å²) < 4.78 is 11.5. The minimum atomic E-state index is -1.57. The zero-order valence-corrected chi connectivity index (χ0v) is 16.1. The summed E-state index contributed by atoms with van der Waals surface area (Å²) in [6.45, 7) is -0.580. The number of Topliss-reactive ketones (excluding diaryl/α,β-unsaturated/α-hetero) is 1. The van der Waals surface area contributed by atoms with Gasteiger partial charge in [-0.15, -0.1) is 0 Å². The first kappa shape index (κ1) is 21.2. The van der Waals surface area contributed by atoms with Crippen molar-refractivity contribution >= 4 is 11.4 Å². The molecule has 0 spiro atoms. The van der Waals surface area contributed by atoms with Crippen molar-refractivity contribution in [3.63, 3.8) is 0 Å². The van der Waals surface area contributed by atoms with E-state index in [9.17, 15) is 35.4 Å². The number of phenolic OH excluding ortho intramolecular Hbond substituents is 1. The van der Waals surface area contributed by atoms with Crippen LogP contribution < -0.4 is 0 Å². The van der Waals surface area contributed by atoms with E-state index >= 15 is 0 Å². The number of ketones is 1. The highest BCUT2D eigenvalue weighted by atomic mass is 16.5. The summed E-state index contributed by atoms with van der Waals surface area (Å²) in [6.07, 6.45) is -6.68. The molecule has 30 heavy (non-hydrogen) atoms. The Morgan fingerprint density at radius 3 is 2.30 bits per heavy atom. The van der Waals surface area contributed by atoms with Crippen molar-refractivity contribution in [2.24, 2.45) is 11.8 Å². The molecule has 0 radical (unpaired) electrons. The number of aliphatic hydroxyl groups excluding tert-OH is 5. The van der Waals surface area contributed by atoms with Gasteiger partial charge in [-0.2, -0.15) is 0 Å². The summed E-state index contributed by atoms with van der Waals surface area (Å²) >= 11 is 0. The molecule has 9 nitrogen and oxygen atoms in total. The zero-order chi connectivity index (χ0) is 21.6. The second kappa shape index (κ2) is 8.26. The summed E-state index contributed by atoms with van der Waals surface area (Å²) in [6, 6.07) is 6.15. The Labute approximate surface area is 172 Å². The standard InChI is InChI=1S/C21H26O9/c22-7-14-17(26)18(27)19(28)21(30-14)15-13(24)6-5-11-16(25)12(8-29-20(11)15)9-1-3-10(23)4-2-9/h1-4,8,11,13-15,17-24,26-28H,5-7H2. The minimum Gasteiger partial charge on any atom is -0.508 e. The van der Waals surface area contributed by atoms with Gasteiger partial charge in [0, 0.05) is 0 Å². The molecule has 1 aliphatic carbocycles. The number of fused-ring (bicyclic) bond motifs is 1. The van der Waals surface area contributed by atoms with Gasteiger partial charge in [0.1, 0.15) is 36.3 Å². The van der Waals surface area contributed by atoms with Gasteiger partial charge in [0.25, 0.3) is 0 Å². The highest BCUT2D eigenvalue weighted by Gasteiger charge is 2.55. The average Bonchev–Trinajstić information content (AvgIpc) is 2.74. The van der Waals surface area contributed by atoms with Crippen molar-refractivity contribution in [1.29, 1.82) is 0 Å². The average molecular weight is 422 g/mol. The van der Waals surface area contributed by atoms with Crippen LogP contribution in [0.25, 0.3) is 5.57 Å². The topological polar surface area (TPSA) is 157 Å². The highest BCUT2D eigenvalue weighted by Crippen LogP contribution is 2.43. The van der Waals surface area contributed by atoms with E-state index in [4.69, 9.17) is 9.47 Å². The van der Waals surface area contributed by atoms with Gasteiger partial charge in [-0.1, -0.05) is 12.1 Å². The van der Waals surface area contributed by atoms with Crippen LogP contribution in [0.4, 0.5) is 0 Å². The predicted molar refractivity (Wildman–Crippen MR) is 102 cm³/mol. The molecule has 2 fully saturated rings. The number of carbonyl (C=O) groups is 1. The van der Waals surface area contributed by atoms with E-state index in [0.29, 0.717) is 17.6 Å². The van der Waals surface area contributed by atoms with Gasteiger partial charge in [0.15, 0.2) is 5.78 Å². The highest BCUT2D eigenvalue weighted by molar-refractivity contribution is 6.22. The number of aliphatic hydroxyl groups is 5. The maximum Gasteiger partial charge on any atom is 0.173 e. The van der Waals surface area contributed by atoms with Crippen molar-refractivity contribution in [3.8, 4) is 5.75 Å². The van der Waals surface area contributed by atoms with Gasteiger partial charge in [-0.25, -0.2) is 0 Å². The lowest BCUT2D eigenvalue weighted by Crippen LogP contribution is -2.65. The number of benzene rings is 1. The number of carbonyl (C=O) groups excluding carboxylic acids is 1. The van der Waals surface area contributed by atoms with Crippen LogP contribution in [0.15, 0.2) is 30.5 Å². The molecule has 4 rings (SSSR count). The molecule has 9 heteroatoms. The Bertz CT molecular complexity index is 805.